The van der Waals surface area contributed by atoms with Crippen molar-refractivity contribution in [2.24, 2.45) is 0 Å². The molecule has 5 heteroatoms. The van der Waals surface area contributed by atoms with Crippen LogP contribution in [0.1, 0.15) is 30.8 Å². The average Bonchev–Trinajstić information content (AvgIpc) is 2.95. The van der Waals surface area contributed by atoms with Crippen LogP contribution in [0.2, 0.25) is 0 Å². The lowest BCUT2D eigenvalue weighted by molar-refractivity contribution is 0.289. The molecule has 0 saturated heterocycles. The van der Waals surface area contributed by atoms with Gasteiger partial charge in [-0.1, -0.05) is 22.9 Å². The topological polar surface area (TPSA) is 36.3 Å². The number of rotatable bonds is 7. The van der Waals surface area contributed by atoms with Crippen LogP contribution in [0.4, 0.5) is 0 Å². The van der Waals surface area contributed by atoms with E-state index in [-0.39, 0.29) is 0 Å². The van der Waals surface area contributed by atoms with Gasteiger partial charge in [0.1, 0.15) is 18.1 Å². The Kier molecular flexibility index (Phi) is 5.67. The Labute approximate surface area is 134 Å². The second-order valence-electron chi connectivity index (χ2n) is 4.69. The number of ether oxygens (including phenoxy) is 2. The summed E-state index contributed by atoms with van der Waals surface area (Å²) in [6.45, 7) is 5.58. The quantitative estimate of drug-likeness (QED) is 0.708. The van der Waals surface area contributed by atoms with E-state index < -0.39 is 0 Å². The van der Waals surface area contributed by atoms with E-state index in [9.17, 15) is 0 Å². The van der Waals surface area contributed by atoms with Crippen LogP contribution in [0.3, 0.4) is 0 Å². The number of hydrogen-bond acceptors (Lipinski definition) is 3. The molecule has 0 unspecified atom stereocenters. The summed E-state index contributed by atoms with van der Waals surface area (Å²) in [5, 5.41) is 5.27. The summed E-state index contributed by atoms with van der Waals surface area (Å²) in [5.74, 6) is 1.71. The van der Waals surface area contributed by atoms with E-state index in [4.69, 9.17) is 9.47 Å². The van der Waals surface area contributed by atoms with Gasteiger partial charge < -0.3 is 9.47 Å². The summed E-state index contributed by atoms with van der Waals surface area (Å²) in [5.41, 5.74) is 3.28. The maximum absolute atomic E-state index is 5.97. The van der Waals surface area contributed by atoms with Crippen molar-refractivity contribution in [2.45, 2.75) is 38.8 Å². The van der Waals surface area contributed by atoms with Crippen LogP contribution in [0.25, 0.3) is 0 Å². The molecular weight excluding hydrogens is 332 g/mol. The van der Waals surface area contributed by atoms with Gasteiger partial charge >= 0.3 is 0 Å². The highest BCUT2D eigenvalue weighted by molar-refractivity contribution is 9.08. The second kappa shape index (κ2) is 7.50. The summed E-state index contributed by atoms with van der Waals surface area (Å²) >= 11 is 3.49. The highest BCUT2D eigenvalue weighted by Gasteiger charge is 2.09. The zero-order valence-electron chi connectivity index (χ0n) is 12.7. The minimum atomic E-state index is 0.521. The number of benzene rings is 1. The first-order chi connectivity index (χ1) is 10.2. The number of halogens is 1. The van der Waals surface area contributed by atoms with E-state index in [0.717, 1.165) is 46.7 Å². The molecule has 2 aromatic rings. The summed E-state index contributed by atoms with van der Waals surface area (Å²) in [4.78, 5) is 0. The van der Waals surface area contributed by atoms with Gasteiger partial charge in [0, 0.05) is 17.4 Å². The second-order valence-corrected chi connectivity index (χ2v) is 5.25. The summed E-state index contributed by atoms with van der Waals surface area (Å²) in [6, 6.07) is 7.96. The molecule has 2 rings (SSSR count). The zero-order chi connectivity index (χ0) is 15.2. The Morgan fingerprint density at radius 1 is 1.24 bits per heavy atom. The van der Waals surface area contributed by atoms with Gasteiger partial charge in [0.25, 0.3) is 0 Å². The highest BCUT2D eigenvalue weighted by Crippen LogP contribution is 2.27. The third-order valence-electron chi connectivity index (χ3n) is 3.36. The average molecular weight is 353 g/mol. The molecule has 0 radical (unpaired) electrons. The SMILES string of the molecule is CCc1cc(COc2ccc(OC)cc2CBr)n(CC)n1. The van der Waals surface area contributed by atoms with Gasteiger partial charge in [-0.2, -0.15) is 5.10 Å². The van der Waals surface area contributed by atoms with E-state index >= 15 is 0 Å². The third kappa shape index (κ3) is 3.79. The van der Waals surface area contributed by atoms with Crippen molar-refractivity contribution in [3.05, 3.63) is 41.2 Å². The van der Waals surface area contributed by atoms with Gasteiger partial charge in [-0.05, 0) is 37.6 Å². The first-order valence-corrected chi connectivity index (χ1v) is 8.25. The molecule has 1 aromatic carbocycles. The number of nitrogens with zero attached hydrogens (tertiary/aromatic N) is 2. The van der Waals surface area contributed by atoms with Crippen molar-refractivity contribution in [3.8, 4) is 11.5 Å². The smallest absolute Gasteiger partial charge is 0.130 e. The maximum Gasteiger partial charge on any atom is 0.130 e. The van der Waals surface area contributed by atoms with Crippen molar-refractivity contribution in [3.63, 3.8) is 0 Å². The van der Waals surface area contributed by atoms with Crippen molar-refractivity contribution in [2.75, 3.05) is 7.11 Å². The number of methoxy groups -OCH3 is 1. The third-order valence-corrected chi connectivity index (χ3v) is 3.97. The molecule has 0 amide bonds. The Hall–Kier alpha value is -1.49. The fourth-order valence-electron chi connectivity index (χ4n) is 2.16. The Morgan fingerprint density at radius 2 is 2.05 bits per heavy atom. The predicted molar refractivity (Wildman–Crippen MR) is 87.2 cm³/mol. The molecule has 1 heterocycles. The summed E-state index contributed by atoms with van der Waals surface area (Å²) < 4.78 is 13.2. The van der Waals surface area contributed by atoms with Crippen molar-refractivity contribution in [1.29, 1.82) is 0 Å². The molecule has 0 fully saturated rings. The molecule has 21 heavy (non-hydrogen) atoms. The van der Waals surface area contributed by atoms with Gasteiger partial charge in [0.15, 0.2) is 0 Å². The number of aryl methyl sites for hydroxylation is 2. The van der Waals surface area contributed by atoms with Crippen LogP contribution in [0, 0.1) is 0 Å². The number of alkyl halides is 1. The van der Waals surface area contributed by atoms with Gasteiger partial charge in [-0.25, -0.2) is 0 Å². The van der Waals surface area contributed by atoms with Crippen LogP contribution in [-0.2, 0) is 24.9 Å². The highest BCUT2D eigenvalue weighted by atomic mass is 79.9. The fourth-order valence-corrected chi connectivity index (χ4v) is 2.60. The minimum absolute atomic E-state index is 0.521. The summed E-state index contributed by atoms with van der Waals surface area (Å²) in [6.07, 6.45) is 0.940. The largest absolute Gasteiger partial charge is 0.497 e. The van der Waals surface area contributed by atoms with Crippen LogP contribution in [0.5, 0.6) is 11.5 Å². The van der Waals surface area contributed by atoms with Crippen molar-refractivity contribution in [1.82, 2.24) is 9.78 Å². The fraction of sp³-hybridized carbons (Fsp3) is 0.438. The molecule has 0 N–H and O–H groups in total. The van der Waals surface area contributed by atoms with Crippen molar-refractivity contribution >= 4 is 15.9 Å². The maximum atomic E-state index is 5.97. The van der Waals surface area contributed by atoms with E-state index in [0.29, 0.717) is 6.61 Å². The first-order valence-electron chi connectivity index (χ1n) is 7.13. The molecule has 1 aromatic heterocycles. The van der Waals surface area contributed by atoms with Gasteiger partial charge in [0.05, 0.1) is 18.5 Å². The van der Waals surface area contributed by atoms with Gasteiger partial charge in [-0.15, -0.1) is 0 Å². The summed E-state index contributed by atoms with van der Waals surface area (Å²) in [7, 11) is 1.67. The van der Waals surface area contributed by atoms with Crippen LogP contribution >= 0.6 is 15.9 Å². The molecule has 0 bridgehead atoms. The molecule has 0 aliphatic carbocycles. The Bertz CT molecular complexity index is 596. The van der Waals surface area contributed by atoms with Crippen LogP contribution in [-0.4, -0.2) is 16.9 Å². The first kappa shape index (κ1) is 15.9. The zero-order valence-corrected chi connectivity index (χ0v) is 14.3. The normalized spacial score (nSPS) is 10.7. The molecule has 0 spiro atoms. The van der Waals surface area contributed by atoms with Crippen LogP contribution < -0.4 is 9.47 Å². The van der Waals surface area contributed by atoms with Crippen molar-refractivity contribution < 1.29 is 9.47 Å². The lowest BCUT2D eigenvalue weighted by Gasteiger charge is -2.12. The lowest BCUT2D eigenvalue weighted by atomic mass is 10.2. The van der Waals surface area contributed by atoms with Gasteiger partial charge in [-0.3, -0.25) is 4.68 Å². The molecule has 0 aliphatic heterocycles. The molecule has 114 valence electrons. The molecular formula is C16H21BrN2O2. The lowest BCUT2D eigenvalue weighted by Crippen LogP contribution is -2.06. The van der Waals surface area contributed by atoms with E-state index in [1.165, 1.54) is 0 Å². The minimum Gasteiger partial charge on any atom is -0.497 e. The Balaban J connectivity index is 2.14. The standard InChI is InChI=1S/C16H21BrN2O2/c1-4-13-9-14(19(5-2)18-13)11-21-16-7-6-15(20-3)8-12(16)10-17/h6-9H,4-5,10-11H2,1-3H3. The predicted octanol–water partition coefficient (Wildman–Crippen LogP) is 3.95. The van der Waals surface area contributed by atoms with Gasteiger partial charge in [0.2, 0.25) is 0 Å². The molecule has 0 saturated carbocycles. The monoisotopic (exact) mass is 352 g/mol. The Morgan fingerprint density at radius 3 is 2.67 bits per heavy atom. The van der Waals surface area contributed by atoms with Crippen LogP contribution in [0.15, 0.2) is 24.3 Å². The van der Waals surface area contributed by atoms with E-state index in [1.54, 1.807) is 7.11 Å². The number of hydrogen-bond donors (Lipinski definition) is 0. The number of aromatic nitrogens is 2. The molecule has 0 aliphatic rings. The van der Waals surface area contributed by atoms with E-state index in [2.05, 4.69) is 40.9 Å². The van der Waals surface area contributed by atoms with E-state index in [1.807, 2.05) is 22.9 Å². The molecule has 4 nitrogen and oxygen atoms in total. The molecule has 0 atom stereocenters.